The summed E-state index contributed by atoms with van der Waals surface area (Å²) in [4.78, 5) is 0. The van der Waals surface area contributed by atoms with Crippen LogP contribution in [0.1, 0.15) is 89.3 Å². The topological polar surface area (TPSA) is 86.6 Å². The molecule has 2 aromatic carbocycles. The Hall–Kier alpha value is -1.92. The van der Waals surface area contributed by atoms with Crippen LogP contribution in [0, 0.1) is 0 Å². The molecule has 0 unspecified atom stereocenters. The van der Waals surface area contributed by atoms with E-state index in [1.54, 1.807) is 30.3 Å². The molecule has 0 aromatic heterocycles. The fourth-order valence-corrected chi connectivity index (χ4v) is 5.75. The predicted octanol–water partition coefficient (Wildman–Crippen LogP) is 7.74. The van der Waals surface area contributed by atoms with Crippen LogP contribution >= 0.6 is 11.6 Å². The minimum absolute atomic E-state index is 0.0997. The highest BCUT2D eigenvalue weighted by molar-refractivity contribution is 6.31. The van der Waals surface area contributed by atoms with E-state index in [1.807, 2.05) is 13.8 Å². The SMILES string of the molecule is CCCCO[C@@H]1[C@@H](OCCCC)[C@](O)(c2ccc(Cl)c(Cc3ccc(OCC(F)(F)F)cc3)c2)O[C@](CC)(CO)[C@H]1OCCCC. The molecular weight excluding hydrogens is 625 g/mol. The van der Waals surface area contributed by atoms with Gasteiger partial charge in [0.2, 0.25) is 5.79 Å². The van der Waals surface area contributed by atoms with Crippen LogP contribution in [-0.2, 0) is 31.2 Å². The minimum Gasteiger partial charge on any atom is -0.484 e. The highest BCUT2D eigenvalue weighted by Gasteiger charge is 2.62. The molecule has 0 spiro atoms. The van der Waals surface area contributed by atoms with Crippen LogP contribution in [0.4, 0.5) is 13.2 Å². The Bertz CT molecular complexity index is 1180. The van der Waals surface area contributed by atoms with Gasteiger partial charge >= 0.3 is 6.18 Å². The fourth-order valence-electron chi connectivity index (χ4n) is 5.56. The number of alkyl halides is 3. The normalized spacial score (nSPS) is 25.1. The molecule has 1 aliphatic rings. The summed E-state index contributed by atoms with van der Waals surface area (Å²) in [5.41, 5.74) is 0.508. The van der Waals surface area contributed by atoms with Gasteiger partial charge in [-0.1, -0.05) is 76.8 Å². The van der Waals surface area contributed by atoms with Crippen molar-refractivity contribution in [2.24, 2.45) is 0 Å². The largest absolute Gasteiger partial charge is 0.484 e. The van der Waals surface area contributed by atoms with E-state index in [1.165, 1.54) is 12.1 Å². The predicted molar refractivity (Wildman–Crippen MR) is 171 cm³/mol. The standard InChI is InChI=1S/C35H50ClF3O7/c1-5-9-18-42-30-31(43-19-10-6-2)33(8-4,23-40)46-35(41,32(30)44-20-11-7-3)27-14-17-29(36)26(22-27)21-25-12-15-28(16-13-25)45-24-34(37,38)39/h12-17,22,30-32,40-41H,5-11,18-21,23-24H2,1-4H3/t30-,31-,32+,33+,35-/m0/s1. The molecule has 0 radical (unpaired) electrons. The number of benzene rings is 2. The number of unbranched alkanes of at least 4 members (excludes halogenated alkanes) is 3. The Kier molecular flexibility index (Phi) is 15.1. The molecule has 0 amide bonds. The first-order chi connectivity index (χ1) is 22.0. The molecule has 1 heterocycles. The molecule has 1 saturated heterocycles. The third-order valence-corrected chi connectivity index (χ3v) is 8.67. The van der Waals surface area contributed by atoms with Gasteiger partial charge in [0.05, 0.1) is 6.61 Å². The van der Waals surface area contributed by atoms with Crippen LogP contribution in [0.15, 0.2) is 42.5 Å². The first-order valence-corrected chi connectivity index (χ1v) is 16.8. The Morgan fingerprint density at radius 1 is 0.848 bits per heavy atom. The second-order valence-electron chi connectivity index (χ2n) is 11.9. The summed E-state index contributed by atoms with van der Waals surface area (Å²) in [6.07, 6.45) is -1.16. The Labute approximate surface area is 276 Å². The van der Waals surface area contributed by atoms with E-state index in [-0.39, 0.29) is 5.75 Å². The van der Waals surface area contributed by atoms with Gasteiger partial charge in [-0.25, -0.2) is 0 Å². The maximum Gasteiger partial charge on any atom is 0.422 e. The van der Waals surface area contributed by atoms with Crippen LogP contribution < -0.4 is 4.74 Å². The molecule has 0 bridgehead atoms. The summed E-state index contributed by atoms with van der Waals surface area (Å²) in [5.74, 6) is -1.94. The van der Waals surface area contributed by atoms with Gasteiger partial charge in [-0.3, -0.25) is 0 Å². The second-order valence-corrected chi connectivity index (χ2v) is 12.3. The maximum atomic E-state index is 12.6. The zero-order chi connectivity index (χ0) is 33.8. The van der Waals surface area contributed by atoms with Crippen molar-refractivity contribution in [1.82, 2.24) is 0 Å². The lowest BCUT2D eigenvalue weighted by Crippen LogP contribution is -2.71. The second kappa shape index (κ2) is 18.0. The summed E-state index contributed by atoms with van der Waals surface area (Å²) >= 11 is 6.63. The van der Waals surface area contributed by atoms with E-state index in [9.17, 15) is 23.4 Å². The van der Waals surface area contributed by atoms with Gasteiger partial charge in [0, 0.05) is 30.4 Å². The van der Waals surface area contributed by atoms with Crippen molar-refractivity contribution < 1.29 is 47.1 Å². The molecule has 46 heavy (non-hydrogen) atoms. The number of rotatable bonds is 19. The molecule has 5 atom stereocenters. The molecule has 2 aromatic rings. The van der Waals surface area contributed by atoms with Gasteiger partial charge < -0.3 is 33.9 Å². The Balaban J connectivity index is 2.03. The van der Waals surface area contributed by atoms with Crippen LogP contribution in [-0.4, -0.2) is 73.3 Å². The quantitative estimate of drug-likeness (QED) is 0.147. The number of ether oxygens (including phenoxy) is 5. The van der Waals surface area contributed by atoms with Crippen LogP contribution in [0.5, 0.6) is 5.75 Å². The van der Waals surface area contributed by atoms with Gasteiger partial charge in [0.1, 0.15) is 29.7 Å². The number of halogens is 4. The van der Waals surface area contributed by atoms with Crippen molar-refractivity contribution in [2.75, 3.05) is 33.0 Å². The third kappa shape index (κ3) is 10.0. The number of aliphatic hydroxyl groups is 2. The first kappa shape index (κ1) is 38.5. The Morgan fingerprint density at radius 3 is 1.98 bits per heavy atom. The van der Waals surface area contributed by atoms with Crippen molar-refractivity contribution in [3.05, 3.63) is 64.2 Å². The summed E-state index contributed by atoms with van der Waals surface area (Å²) in [5, 5.41) is 23.9. The molecule has 260 valence electrons. The molecule has 0 aliphatic carbocycles. The smallest absolute Gasteiger partial charge is 0.422 e. The van der Waals surface area contributed by atoms with E-state index in [0.717, 1.165) is 44.1 Å². The Morgan fingerprint density at radius 2 is 1.43 bits per heavy atom. The molecule has 1 fully saturated rings. The van der Waals surface area contributed by atoms with Crippen molar-refractivity contribution >= 4 is 11.6 Å². The van der Waals surface area contributed by atoms with Crippen molar-refractivity contribution in [1.29, 1.82) is 0 Å². The van der Waals surface area contributed by atoms with Crippen molar-refractivity contribution in [3.63, 3.8) is 0 Å². The third-order valence-electron chi connectivity index (χ3n) is 8.30. The lowest BCUT2D eigenvalue weighted by atomic mass is 9.79. The van der Waals surface area contributed by atoms with Gasteiger partial charge in [0.15, 0.2) is 6.61 Å². The molecule has 0 saturated carbocycles. The average Bonchev–Trinajstić information content (AvgIpc) is 3.03. The van der Waals surface area contributed by atoms with E-state index in [0.29, 0.717) is 48.8 Å². The van der Waals surface area contributed by atoms with Crippen molar-refractivity contribution in [2.45, 2.75) is 115 Å². The average molecular weight is 675 g/mol. The maximum absolute atomic E-state index is 12.6. The van der Waals surface area contributed by atoms with Gasteiger partial charge in [0.25, 0.3) is 0 Å². The van der Waals surface area contributed by atoms with E-state index < -0.39 is 49.1 Å². The lowest BCUT2D eigenvalue weighted by molar-refractivity contribution is -0.405. The molecule has 3 rings (SSSR count). The summed E-state index contributed by atoms with van der Waals surface area (Å²) in [7, 11) is 0. The number of aliphatic hydroxyl groups excluding tert-OH is 1. The van der Waals surface area contributed by atoms with Gasteiger partial charge in [-0.2, -0.15) is 13.2 Å². The molecule has 11 heteroatoms. The van der Waals surface area contributed by atoms with Gasteiger partial charge in [-0.15, -0.1) is 0 Å². The van der Waals surface area contributed by atoms with Crippen LogP contribution in [0.3, 0.4) is 0 Å². The van der Waals surface area contributed by atoms with E-state index in [4.69, 9.17) is 35.3 Å². The van der Waals surface area contributed by atoms with Crippen molar-refractivity contribution in [3.8, 4) is 5.75 Å². The van der Waals surface area contributed by atoms with Crippen LogP contribution in [0.25, 0.3) is 0 Å². The van der Waals surface area contributed by atoms with Gasteiger partial charge in [-0.05, 0) is 67.5 Å². The van der Waals surface area contributed by atoms with E-state index in [2.05, 4.69) is 13.8 Å². The lowest BCUT2D eigenvalue weighted by Gasteiger charge is -2.55. The number of hydrogen-bond acceptors (Lipinski definition) is 7. The molecule has 7 nitrogen and oxygen atoms in total. The summed E-state index contributed by atoms with van der Waals surface area (Å²) in [6.45, 7) is 7.47. The zero-order valence-electron chi connectivity index (χ0n) is 27.4. The highest BCUT2D eigenvalue weighted by atomic mass is 35.5. The molecule has 2 N–H and O–H groups in total. The molecule has 1 aliphatic heterocycles. The summed E-state index contributed by atoms with van der Waals surface area (Å²) < 4.78 is 68.4. The minimum atomic E-state index is -4.43. The highest BCUT2D eigenvalue weighted by Crippen LogP contribution is 2.47. The van der Waals surface area contributed by atoms with E-state index >= 15 is 0 Å². The molecular formula is C35H50ClF3O7. The monoisotopic (exact) mass is 674 g/mol. The number of hydrogen-bond donors (Lipinski definition) is 2. The fraction of sp³-hybridized carbons (Fsp3) is 0.657. The summed E-state index contributed by atoms with van der Waals surface area (Å²) in [6, 6.07) is 11.4. The first-order valence-electron chi connectivity index (χ1n) is 16.4. The zero-order valence-corrected chi connectivity index (χ0v) is 28.2. The van der Waals surface area contributed by atoms with Crippen LogP contribution in [0.2, 0.25) is 5.02 Å².